The van der Waals surface area contributed by atoms with Crippen LogP contribution in [0.5, 0.6) is 0 Å². The van der Waals surface area contributed by atoms with Crippen molar-refractivity contribution in [3.05, 3.63) is 23.0 Å². The van der Waals surface area contributed by atoms with Gasteiger partial charge in [0.2, 0.25) is 0 Å². The smallest absolute Gasteiger partial charge is 0.255 e. The topological polar surface area (TPSA) is 50.4 Å². The zero-order valence-electron chi connectivity index (χ0n) is 8.51. The number of amides is 1. The fraction of sp³-hybridized carbons (Fsp3) is 0.300. The second-order valence-corrected chi connectivity index (χ2v) is 3.81. The highest BCUT2D eigenvalue weighted by Crippen LogP contribution is 2.30. The van der Waals surface area contributed by atoms with Gasteiger partial charge in [-0.2, -0.15) is 0 Å². The van der Waals surface area contributed by atoms with Crippen molar-refractivity contribution in [1.82, 2.24) is 0 Å². The second kappa shape index (κ2) is 4.27. The highest BCUT2D eigenvalue weighted by molar-refractivity contribution is 6.31. The third-order valence-electron chi connectivity index (χ3n) is 2.37. The first kappa shape index (κ1) is 11.2. The number of carbonyl (C=O) groups is 1. The molecule has 1 aromatic rings. The Bertz CT molecular complexity index is 439. The first-order chi connectivity index (χ1) is 7.61. The zero-order valence-corrected chi connectivity index (χ0v) is 9.27. The molecule has 1 heterocycles. The standard InChI is InChI=1S/C10H10ClFN2O2/c1-16-9-4-13-7-2-5(11)6(12)3-8(7)14-10(9)15/h2-3,9,13H,4H2,1H3,(H,14,15). The number of hydrogen-bond acceptors (Lipinski definition) is 3. The average molecular weight is 245 g/mol. The minimum atomic E-state index is -0.603. The lowest BCUT2D eigenvalue weighted by atomic mass is 10.2. The van der Waals surface area contributed by atoms with Gasteiger partial charge in [-0.1, -0.05) is 11.6 Å². The number of hydrogen-bond donors (Lipinski definition) is 2. The Morgan fingerprint density at radius 1 is 1.50 bits per heavy atom. The molecule has 1 aromatic carbocycles. The molecule has 0 radical (unpaired) electrons. The molecule has 1 unspecified atom stereocenters. The number of methoxy groups -OCH3 is 1. The van der Waals surface area contributed by atoms with Crippen LogP contribution in [0.2, 0.25) is 5.02 Å². The van der Waals surface area contributed by atoms with Crippen molar-refractivity contribution in [2.75, 3.05) is 24.3 Å². The van der Waals surface area contributed by atoms with Gasteiger partial charge in [0.25, 0.3) is 5.91 Å². The molecule has 1 aliphatic heterocycles. The molecule has 0 saturated heterocycles. The van der Waals surface area contributed by atoms with E-state index in [1.165, 1.54) is 19.2 Å². The van der Waals surface area contributed by atoms with E-state index in [1.54, 1.807) is 0 Å². The molecule has 1 atom stereocenters. The Hall–Kier alpha value is -1.33. The quantitative estimate of drug-likeness (QED) is 0.793. The van der Waals surface area contributed by atoms with Crippen molar-refractivity contribution < 1.29 is 13.9 Å². The van der Waals surface area contributed by atoms with Gasteiger partial charge in [-0.15, -0.1) is 0 Å². The maximum atomic E-state index is 13.2. The first-order valence-electron chi connectivity index (χ1n) is 4.68. The Labute approximate surface area is 96.7 Å². The normalized spacial score (nSPS) is 19.4. The highest BCUT2D eigenvalue weighted by Gasteiger charge is 2.23. The largest absolute Gasteiger partial charge is 0.380 e. The third kappa shape index (κ3) is 1.96. The van der Waals surface area contributed by atoms with E-state index in [9.17, 15) is 9.18 Å². The number of halogens is 2. The van der Waals surface area contributed by atoms with E-state index in [1.807, 2.05) is 0 Å². The van der Waals surface area contributed by atoms with E-state index in [0.29, 0.717) is 17.9 Å². The maximum absolute atomic E-state index is 13.2. The van der Waals surface area contributed by atoms with Crippen LogP contribution in [0.25, 0.3) is 0 Å². The summed E-state index contributed by atoms with van der Waals surface area (Å²) in [5.41, 5.74) is 0.950. The summed E-state index contributed by atoms with van der Waals surface area (Å²) >= 11 is 5.65. The van der Waals surface area contributed by atoms with Crippen LogP contribution in [-0.4, -0.2) is 25.7 Å². The zero-order chi connectivity index (χ0) is 11.7. The van der Waals surface area contributed by atoms with Crippen LogP contribution in [0.1, 0.15) is 0 Å². The fourth-order valence-electron chi connectivity index (χ4n) is 1.50. The molecule has 0 spiro atoms. The number of fused-ring (bicyclic) bond motifs is 1. The van der Waals surface area contributed by atoms with Crippen molar-refractivity contribution in [3.8, 4) is 0 Å². The molecule has 0 aromatic heterocycles. The predicted molar refractivity (Wildman–Crippen MR) is 59.3 cm³/mol. The molecule has 2 rings (SSSR count). The molecule has 0 fully saturated rings. The number of ether oxygens (including phenoxy) is 1. The summed E-state index contributed by atoms with van der Waals surface area (Å²) < 4.78 is 18.2. The second-order valence-electron chi connectivity index (χ2n) is 3.41. The van der Waals surface area contributed by atoms with Crippen molar-refractivity contribution >= 4 is 28.9 Å². The molecular weight excluding hydrogens is 235 g/mol. The van der Waals surface area contributed by atoms with Crippen molar-refractivity contribution in [1.29, 1.82) is 0 Å². The molecule has 1 aliphatic rings. The van der Waals surface area contributed by atoms with Crippen molar-refractivity contribution in [3.63, 3.8) is 0 Å². The van der Waals surface area contributed by atoms with Crippen LogP contribution in [-0.2, 0) is 9.53 Å². The number of carbonyl (C=O) groups excluding carboxylic acids is 1. The van der Waals surface area contributed by atoms with Gasteiger partial charge in [0, 0.05) is 13.2 Å². The summed E-state index contributed by atoms with van der Waals surface area (Å²) in [5.74, 6) is -0.881. The minimum absolute atomic E-state index is 0.0105. The number of benzene rings is 1. The summed E-state index contributed by atoms with van der Waals surface area (Å²) in [5, 5.41) is 5.54. The van der Waals surface area contributed by atoms with E-state index in [0.717, 1.165) is 0 Å². The van der Waals surface area contributed by atoms with Gasteiger partial charge in [0.1, 0.15) is 5.82 Å². The van der Waals surface area contributed by atoms with E-state index >= 15 is 0 Å². The number of rotatable bonds is 1. The molecule has 6 heteroatoms. The van der Waals surface area contributed by atoms with Crippen LogP contribution in [0.3, 0.4) is 0 Å². The van der Waals surface area contributed by atoms with Gasteiger partial charge in [-0.3, -0.25) is 4.79 Å². The molecule has 1 amide bonds. The molecule has 0 bridgehead atoms. The highest BCUT2D eigenvalue weighted by atomic mass is 35.5. The molecule has 4 nitrogen and oxygen atoms in total. The molecule has 0 saturated carbocycles. The molecule has 16 heavy (non-hydrogen) atoms. The Morgan fingerprint density at radius 3 is 2.94 bits per heavy atom. The summed E-state index contributed by atoms with van der Waals surface area (Å²) in [6, 6.07) is 2.62. The van der Waals surface area contributed by atoms with Crippen molar-refractivity contribution in [2.45, 2.75) is 6.10 Å². The van der Waals surface area contributed by atoms with E-state index < -0.39 is 11.9 Å². The predicted octanol–water partition coefficient (Wildman–Crippen LogP) is 1.86. The Kier molecular flexibility index (Phi) is 2.98. The van der Waals surface area contributed by atoms with Crippen LogP contribution >= 0.6 is 11.6 Å². The van der Waals surface area contributed by atoms with Crippen LogP contribution in [0.15, 0.2) is 12.1 Å². The van der Waals surface area contributed by atoms with Gasteiger partial charge >= 0.3 is 0 Å². The summed E-state index contributed by atoms with van der Waals surface area (Å²) in [4.78, 5) is 11.6. The van der Waals surface area contributed by atoms with Gasteiger partial charge in [-0.25, -0.2) is 4.39 Å². The summed E-state index contributed by atoms with van der Waals surface area (Å²) in [6.07, 6.45) is -0.603. The SMILES string of the molecule is COC1CNc2cc(Cl)c(F)cc2NC1=O. The van der Waals surface area contributed by atoms with Gasteiger partial charge < -0.3 is 15.4 Å². The molecular formula is C10H10ClFN2O2. The van der Waals surface area contributed by atoms with Crippen LogP contribution in [0.4, 0.5) is 15.8 Å². The maximum Gasteiger partial charge on any atom is 0.255 e. The summed E-state index contributed by atoms with van der Waals surface area (Å²) in [6.45, 7) is 0.317. The lowest BCUT2D eigenvalue weighted by Crippen LogP contribution is -2.32. The lowest BCUT2D eigenvalue weighted by Gasteiger charge is -2.09. The van der Waals surface area contributed by atoms with Crippen LogP contribution < -0.4 is 10.6 Å². The van der Waals surface area contributed by atoms with E-state index in [4.69, 9.17) is 16.3 Å². The van der Waals surface area contributed by atoms with Gasteiger partial charge in [0.05, 0.1) is 22.9 Å². The van der Waals surface area contributed by atoms with Gasteiger partial charge in [-0.05, 0) is 6.07 Å². The molecule has 2 N–H and O–H groups in total. The average Bonchev–Trinajstić information content (AvgIpc) is 2.38. The first-order valence-corrected chi connectivity index (χ1v) is 5.06. The van der Waals surface area contributed by atoms with E-state index in [2.05, 4.69) is 10.6 Å². The fourth-order valence-corrected chi connectivity index (χ4v) is 1.66. The molecule has 0 aliphatic carbocycles. The van der Waals surface area contributed by atoms with Gasteiger partial charge in [0.15, 0.2) is 6.10 Å². The van der Waals surface area contributed by atoms with E-state index in [-0.39, 0.29) is 10.9 Å². The summed E-state index contributed by atoms with van der Waals surface area (Å²) in [7, 11) is 1.44. The number of anilines is 2. The Morgan fingerprint density at radius 2 is 2.25 bits per heavy atom. The van der Waals surface area contributed by atoms with Crippen LogP contribution in [0, 0.1) is 5.82 Å². The minimum Gasteiger partial charge on any atom is -0.380 e. The third-order valence-corrected chi connectivity index (χ3v) is 2.66. The van der Waals surface area contributed by atoms with Crippen molar-refractivity contribution in [2.24, 2.45) is 0 Å². The molecule has 86 valence electrons. The monoisotopic (exact) mass is 244 g/mol. The Balaban J connectivity index is 2.37. The number of nitrogens with one attached hydrogen (secondary N) is 2. The lowest BCUT2D eigenvalue weighted by molar-refractivity contribution is -0.124.